The highest BCUT2D eigenvalue weighted by atomic mass is 16.5. The lowest BCUT2D eigenvalue weighted by Gasteiger charge is -2.32. The van der Waals surface area contributed by atoms with Crippen LogP contribution in [0.2, 0.25) is 0 Å². The van der Waals surface area contributed by atoms with Crippen LogP contribution in [0.1, 0.15) is 38.3 Å². The SMILES string of the molecule is Cc1ccccc1OCC(=O)N1CCC2(C1)NCc1ccccc1NC2=NC(C)(C)C. The maximum absolute atomic E-state index is 13.0. The van der Waals surface area contributed by atoms with Gasteiger partial charge in [0.2, 0.25) is 0 Å². The number of aliphatic imine (C=N–C) groups is 1. The molecule has 0 aromatic heterocycles. The Bertz CT molecular complexity index is 995. The Balaban J connectivity index is 1.53. The van der Waals surface area contributed by atoms with Gasteiger partial charge in [0.05, 0.1) is 11.1 Å². The van der Waals surface area contributed by atoms with Crippen molar-refractivity contribution in [3.8, 4) is 5.75 Å². The van der Waals surface area contributed by atoms with Crippen LogP contribution in [0, 0.1) is 6.92 Å². The molecule has 31 heavy (non-hydrogen) atoms. The number of ether oxygens (including phenoxy) is 1. The van der Waals surface area contributed by atoms with Crippen LogP contribution in [0.5, 0.6) is 5.75 Å². The van der Waals surface area contributed by atoms with Crippen LogP contribution >= 0.6 is 0 Å². The van der Waals surface area contributed by atoms with Crippen LogP contribution in [-0.4, -0.2) is 47.4 Å². The molecule has 0 aliphatic carbocycles. The summed E-state index contributed by atoms with van der Waals surface area (Å²) in [7, 11) is 0. The summed E-state index contributed by atoms with van der Waals surface area (Å²) in [6.45, 7) is 10.3. The van der Waals surface area contributed by atoms with Gasteiger partial charge in [0, 0.05) is 25.3 Å². The number of benzene rings is 2. The van der Waals surface area contributed by atoms with Gasteiger partial charge in [-0.2, -0.15) is 0 Å². The molecule has 0 radical (unpaired) electrons. The Morgan fingerprint density at radius 3 is 2.68 bits per heavy atom. The summed E-state index contributed by atoms with van der Waals surface area (Å²) >= 11 is 0. The molecule has 4 rings (SSSR count). The van der Waals surface area contributed by atoms with E-state index in [9.17, 15) is 4.79 Å². The van der Waals surface area contributed by atoms with Crippen molar-refractivity contribution in [2.45, 2.75) is 51.7 Å². The molecule has 1 saturated heterocycles. The lowest BCUT2D eigenvalue weighted by Crippen LogP contribution is -2.56. The van der Waals surface area contributed by atoms with E-state index in [1.54, 1.807) is 0 Å². The zero-order chi connectivity index (χ0) is 22.1. The van der Waals surface area contributed by atoms with Crippen LogP contribution in [0.4, 0.5) is 5.69 Å². The molecule has 0 saturated carbocycles. The maximum Gasteiger partial charge on any atom is 0.260 e. The largest absolute Gasteiger partial charge is 0.484 e. The van der Waals surface area contributed by atoms with Crippen LogP contribution in [0.3, 0.4) is 0 Å². The number of rotatable bonds is 3. The highest BCUT2D eigenvalue weighted by Gasteiger charge is 2.45. The number of carbonyl (C=O) groups is 1. The second-order valence-electron chi connectivity index (χ2n) is 9.47. The molecule has 1 unspecified atom stereocenters. The van der Waals surface area contributed by atoms with Crippen LogP contribution < -0.4 is 15.4 Å². The number of para-hydroxylation sites is 2. The van der Waals surface area contributed by atoms with Gasteiger partial charge in [-0.3, -0.25) is 15.1 Å². The summed E-state index contributed by atoms with van der Waals surface area (Å²) in [5.41, 5.74) is 2.67. The molecule has 164 valence electrons. The quantitative estimate of drug-likeness (QED) is 0.794. The molecule has 6 heteroatoms. The summed E-state index contributed by atoms with van der Waals surface area (Å²) in [6, 6.07) is 16.1. The Morgan fingerprint density at radius 2 is 1.90 bits per heavy atom. The van der Waals surface area contributed by atoms with Crippen molar-refractivity contribution < 1.29 is 9.53 Å². The zero-order valence-corrected chi connectivity index (χ0v) is 18.9. The van der Waals surface area contributed by atoms with Gasteiger partial charge < -0.3 is 15.0 Å². The molecule has 2 aromatic carbocycles. The third-order valence-electron chi connectivity index (χ3n) is 5.85. The van der Waals surface area contributed by atoms with Crippen molar-refractivity contribution in [2.24, 2.45) is 4.99 Å². The van der Waals surface area contributed by atoms with E-state index in [4.69, 9.17) is 9.73 Å². The molecule has 2 aliphatic heterocycles. The molecule has 1 atom stereocenters. The number of fused-ring (bicyclic) bond motifs is 1. The number of carbonyl (C=O) groups excluding carboxylic acids is 1. The highest BCUT2D eigenvalue weighted by Crippen LogP contribution is 2.31. The normalized spacial score (nSPS) is 22.2. The summed E-state index contributed by atoms with van der Waals surface area (Å²) in [6.07, 6.45) is 0.805. The Kier molecular flexibility index (Phi) is 5.75. The van der Waals surface area contributed by atoms with Gasteiger partial charge in [0.1, 0.15) is 11.6 Å². The van der Waals surface area contributed by atoms with Crippen molar-refractivity contribution in [2.75, 3.05) is 25.0 Å². The second-order valence-corrected chi connectivity index (χ2v) is 9.47. The number of anilines is 1. The van der Waals surface area contributed by atoms with E-state index in [0.717, 1.165) is 35.8 Å². The average Bonchev–Trinajstić information content (AvgIpc) is 3.10. The van der Waals surface area contributed by atoms with Gasteiger partial charge in [-0.1, -0.05) is 36.4 Å². The first-order valence-corrected chi connectivity index (χ1v) is 10.9. The number of nitrogens with one attached hydrogen (secondary N) is 2. The molecular weight excluding hydrogens is 388 g/mol. The Morgan fingerprint density at radius 1 is 1.16 bits per heavy atom. The summed E-state index contributed by atoms with van der Waals surface area (Å²) in [5, 5.41) is 7.32. The van der Waals surface area contributed by atoms with Gasteiger partial charge in [0.25, 0.3) is 5.91 Å². The number of nitrogens with zero attached hydrogens (tertiary/aromatic N) is 2. The van der Waals surface area contributed by atoms with E-state index >= 15 is 0 Å². The minimum Gasteiger partial charge on any atom is -0.484 e. The first kappa shape index (κ1) is 21.4. The van der Waals surface area contributed by atoms with Crippen molar-refractivity contribution in [1.29, 1.82) is 0 Å². The first-order chi connectivity index (χ1) is 14.8. The molecule has 0 bridgehead atoms. The molecule has 2 aliphatic rings. The third-order valence-corrected chi connectivity index (χ3v) is 5.85. The Labute approximate surface area is 184 Å². The van der Waals surface area contributed by atoms with E-state index in [2.05, 4.69) is 43.5 Å². The lowest BCUT2D eigenvalue weighted by atomic mass is 9.95. The van der Waals surface area contributed by atoms with Crippen LogP contribution in [0.15, 0.2) is 53.5 Å². The van der Waals surface area contributed by atoms with E-state index in [1.165, 1.54) is 5.56 Å². The average molecular weight is 421 g/mol. The molecule has 2 heterocycles. The number of amides is 1. The molecule has 2 aromatic rings. The molecule has 1 spiro atoms. The summed E-state index contributed by atoms with van der Waals surface area (Å²) in [5.74, 6) is 1.66. The van der Waals surface area contributed by atoms with Gasteiger partial charge >= 0.3 is 0 Å². The Hall–Kier alpha value is -2.86. The molecule has 2 N–H and O–H groups in total. The standard InChI is InChI=1S/C25H32N4O2/c1-18-9-5-8-12-21(18)31-16-22(30)29-14-13-25(17-29)23(28-24(2,3)4)27-20-11-7-6-10-19(20)15-26-25/h5-12,26H,13-17H2,1-4H3,(H,27,28). The fraction of sp³-hybridized carbons (Fsp3) is 0.440. The number of aryl methyl sites for hydroxylation is 1. The topological polar surface area (TPSA) is 66.0 Å². The molecule has 1 fully saturated rings. The van der Waals surface area contributed by atoms with E-state index in [-0.39, 0.29) is 18.1 Å². The number of likely N-dealkylation sites (tertiary alicyclic amines) is 1. The highest BCUT2D eigenvalue weighted by molar-refractivity contribution is 6.04. The fourth-order valence-corrected chi connectivity index (χ4v) is 4.17. The fourth-order valence-electron chi connectivity index (χ4n) is 4.17. The predicted octanol–water partition coefficient (Wildman–Crippen LogP) is 3.76. The number of amidine groups is 1. The zero-order valence-electron chi connectivity index (χ0n) is 18.9. The minimum absolute atomic E-state index is 0.00111. The van der Waals surface area contributed by atoms with Crippen molar-refractivity contribution in [3.63, 3.8) is 0 Å². The summed E-state index contributed by atoms with van der Waals surface area (Å²) in [4.78, 5) is 19.9. The number of hydrogen-bond acceptors (Lipinski definition) is 4. The second kappa shape index (κ2) is 8.35. The van der Waals surface area contributed by atoms with Crippen LogP contribution in [-0.2, 0) is 11.3 Å². The third kappa shape index (κ3) is 4.74. The van der Waals surface area contributed by atoms with E-state index < -0.39 is 5.54 Å². The molecule has 1 amide bonds. The van der Waals surface area contributed by atoms with Gasteiger partial charge in [-0.15, -0.1) is 0 Å². The van der Waals surface area contributed by atoms with Crippen molar-refractivity contribution in [1.82, 2.24) is 10.2 Å². The van der Waals surface area contributed by atoms with Crippen LogP contribution in [0.25, 0.3) is 0 Å². The van der Waals surface area contributed by atoms with Gasteiger partial charge in [-0.25, -0.2) is 0 Å². The molecular formula is C25H32N4O2. The van der Waals surface area contributed by atoms with Gasteiger partial charge in [0.15, 0.2) is 6.61 Å². The minimum atomic E-state index is -0.398. The molecule has 6 nitrogen and oxygen atoms in total. The first-order valence-electron chi connectivity index (χ1n) is 10.9. The predicted molar refractivity (Wildman–Crippen MR) is 125 cm³/mol. The lowest BCUT2D eigenvalue weighted by molar-refractivity contribution is -0.132. The van der Waals surface area contributed by atoms with Crippen molar-refractivity contribution in [3.05, 3.63) is 59.7 Å². The smallest absolute Gasteiger partial charge is 0.260 e. The van der Waals surface area contributed by atoms with Gasteiger partial charge in [-0.05, 0) is 57.4 Å². The van der Waals surface area contributed by atoms with Crippen molar-refractivity contribution >= 4 is 17.4 Å². The number of hydrogen-bond donors (Lipinski definition) is 2. The maximum atomic E-state index is 13.0. The van der Waals surface area contributed by atoms with E-state index in [0.29, 0.717) is 13.1 Å². The van der Waals surface area contributed by atoms with E-state index in [1.807, 2.05) is 48.2 Å². The summed E-state index contributed by atoms with van der Waals surface area (Å²) < 4.78 is 5.81. The monoisotopic (exact) mass is 420 g/mol.